The minimum Gasteiger partial charge on any atom is -0.469 e. The van der Waals surface area contributed by atoms with Crippen molar-refractivity contribution in [1.82, 2.24) is 5.32 Å². The molecule has 1 unspecified atom stereocenters. The topological polar surface area (TPSA) is 64.3 Å². The van der Waals surface area contributed by atoms with Gasteiger partial charge in [-0.25, -0.2) is 0 Å². The molecule has 1 heterocycles. The number of carbonyl (C=O) groups is 1. The highest BCUT2D eigenvalue weighted by Crippen LogP contribution is 2.26. The minimum absolute atomic E-state index is 0.0618. The molecule has 1 aliphatic rings. The fourth-order valence-electron chi connectivity index (χ4n) is 2.55. The third-order valence-electron chi connectivity index (χ3n) is 3.69. The van der Waals surface area contributed by atoms with E-state index in [2.05, 4.69) is 11.4 Å². The number of nitrogens with one attached hydrogen (secondary N) is 1. The molecule has 0 amide bonds. The van der Waals surface area contributed by atoms with Gasteiger partial charge in [-0.3, -0.25) is 4.79 Å². The van der Waals surface area contributed by atoms with Crippen LogP contribution in [0.5, 0.6) is 0 Å². The monoisotopic (exact) mass is 282 g/mol. The first-order valence-electron chi connectivity index (χ1n) is 6.81. The molecule has 2 rings (SSSR count). The highest BCUT2D eigenvalue weighted by Gasteiger charge is 2.24. The first-order valence-corrected chi connectivity index (χ1v) is 7.69. The van der Waals surface area contributed by atoms with E-state index in [9.17, 15) is 4.79 Å². The van der Waals surface area contributed by atoms with Crippen LogP contribution in [-0.2, 0) is 9.53 Å². The van der Waals surface area contributed by atoms with Gasteiger partial charge in [0.05, 0.1) is 19.6 Å². The van der Waals surface area contributed by atoms with Gasteiger partial charge in [0.15, 0.2) is 0 Å². The van der Waals surface area contributed by atoms with Gasteiger partial charge in [-0.05, 0) is 37.1 Å². The molecular formula is C14H22N2O2S. The number of carbonyl (C=O) groups excluding carboxylic acids is 1. The Hall–Kier alpha value is -0.910. The van der Waals surface area contributed by atoms with Crippen molar-refractivity contribution >= 4 is 17.3 Å². The van der Waals surface area contributed by atoms with Crippen LogP contribution in [0.3, 0.4) is 0 Å². The van der Waals surface area contributed by atoms with Crippen LogP contribution in [0.4, 0.5) is 0 Å². The fraction of sp³-hybridized carbons (Fsp3) is 0.643. The molecule has 0 spiro atoms. The fourth-order valence-corrected chi connectivity index (χ4v) is 3.34. The number of rotatable bonds is 5. The van der Waals surface area contributed by atoms with E-state index < -0.39 is 0 Å². The number of hydrogen-bond acceptors (Lipinski definition) is 5. The van der Waals surface area contributed by atoms with Crippen LogP contribution in [0.15, 0.2) is 17.5 Å². The van der Waals surface area contributed by atoms with E-state index in [1.54, 1.807) is 11.3 Å². The van der Waals surface area contributed by atoms with E-state index in [0.29, 0.717) is 18.5 Å². The van der Waals surface area contributed by atoms with Crippen LogP contribution in [0.25, 0.3) is 0 Å². The van der Waals surface area contributed by atoms with Gasteiger partial charge >= 0.3 is 5.97 Å². The molecule has 1 aromatic heterocycles. The van der Waals surface area contributed by atoms with Crippen molar-refractivity contribution in [3.8, 4) is 0 Å². The molecule has 0 radical (unpaired) electrons. The maximum absolute atomic E-state index is 11.5. The van der Waals surface area contributed by atoms with Gasteiger partial charge in [0.1, 0.15) is 0 Å². The van der Waals surface area contributed by atoms with E-state index >= 15 is 0 Å². The zero-order valence-corrected chi connectivity index (χ0v) is 12.1. The number of ether oxygens (including phenoxy) is 1. The second-order valence-corrected chi connectivity index (χ2v) is 6.11. The largest absolute Gasteiger partial charge is 0.469 e. The summed E-state index contributed by atoms with van der Waals surface area (Å²) < 4.78 is 4.79. The van der Waals surface area contributed by atoms with E-state index in [1.807, 2.05) is 11.4 Å². The standard InChI is InChI=1S/C14H22N2O2S/c1-18-14(17)9-12(13-3-2-8-19-13)16-11-6-4-10(15)5-7-11/h2-3,8,10-12,16H,4-7,9,15H2,1H3. The Bertz CT molecular complexity index is 386. The quantitative estimate of drug-likeness (QED) is 0.813. The van der Waals surface area contributed by atoms with Crippen LogP contribution in [0, 0.1) is 0 Å². The minimum atomic E-state index is -0.168. The Labute approximate surface area is 118 Å². The maximum Gasteiger partial charge on any atom is 0.307 e. The number of hydrogen-bond donors (Lipinski definition) is 2. The normalized spacial score (nSPS) is 24.9. The lowest BCUT2D eigenvalue weighted by Gasteiger charge is -2.30. The van der Waals surface area contributed by atoms with Crippen LogP contribution < -0.4 is 11.1 Å². The van der Waals surface area contributed by atoms with Crippen molar-refractivity contribution in [2.45, 2.75) is 50.2 Å². The molecule has 5 heteroatoms. The van der Waals surface area contributed by atoms with Crippen molar-refractivity contribution < 1.29 is 9.53 Å². The predicted molar refractivity (Wildman–Crippen MR) is 77.1 cm³/mol. The van der Waals surface area contributed by atoms with Crippen molar-refractivity contribution in [2.75, 3.05) is 7.11 Å². The van der Waals surface area contributed by atoms with Gasteiger partial charge in [0.2, 0.25) is 0 Å². The number of methoxy groups -OCH3 is 1. The number of esters is 1. The van der Waals surface area contributed by atoms with Crippen molar-refractivity contribution in [1.29, 1.82) is 0 Å². The Morgan fingerprint density at radius 3 is 2.84 bits per heavy atom. The van der Waals surface area contributed by atoms with E-state index in [4.69, 9.17) is 10.5 Å². The Morgan fingerprint density at radius 2 is 2.26 bits per heavy atom. The summed E-state index contributed by atoms with van der Waals surface area (Å²) in [7, 11) is 1.44. The molecule has 1 aromatic rings. The van der Waals surface area contributed by atoms with Gasteiger partial charge in [-0.1, -0.05) is 6.07 Å². The molecule has 1 saturated carbocycles. The molecule has 106 valence electrons. The number of thiophene rings is 1. The lowest BCUT2D eigenvalue weighted by Crippen LogP contribution is -2.39. The molecule has 0 aliphatic heterocycles. The summed E-state index contributed by atoms with van der Waals surface area (Å²) in [5.74, 6) is -0.168. The Kier molecular flexibility index (Phi) is 5.36. The third-order valence-corrected chi connectivity index (χ3v) is 4.68. The van der Waals surface area contributed by atoms with Crippen molar-refractivity contribution in [3.05, 3.63) is 22.4 Å². The molecule has 19 heavy (non-hydrogen) atoms. The van der Waals surface area contributed by atoms with Crippen LogP contribution in [0.1, 0.15) is 43.0 Å². The highest BCUT2D eigenvalue weighted by atomic mass is 32.1. The average Bonchev–Trinajstić information content (AvgIpc) is 2.94. The average molecular weight is 282 g/mol. The summed E-state index contributed by atoms with van der Waals surface area (Å²) in [4.78, 5) is 12.7. The smallest absolute Gasteiger partial charge is 0.307 e. The van der Waals surface area contributed by atoms with Gasteiger partial charge < -0.3 is 15.8 Å². The summed E-state index contributed by atoms with van der Waals surface area (Å²) in [6, 6.07) is 4.95. The highest BCUT2D eigenvalue weighted by molar-refractivity contribution is 7.10. The van der Waals surface area contributed by atoms with Gasteiger partial charge in [-0.2, -0.15) is 0 Å². The molecule has 4 nitrogen and oxygen atoms in total. The van der Waals surface area contributed by atoms with Gasteiger partial charge in [0.25, 0.3) is 0 Å². The SMILES string of the molecule is COC(=O)CC(NC1CCC(N)CC1)c1cccs1. The first kappa shape index (κ1) is 14.5. The molecule has 0 saturated heterocycles. The Balaban J connectivity index is 1.95. The molecule has 1 fully saturated rings. The van der Waals surface area contributed by atoms with E-state index in [-0.39, 0.29) is 12.0 Å². The molecule has 0 aromatic carbocycles. The molecule has 0 bridgehead atoms. The summed E-state index contributed by atoms with van der Waals surface area (Å²) in [6.45, 7) is 0. The first-order chi connectivity index (χ1) is 9.19. The lowest BCUT2D eigenvalue weighted by atomic mass is 9.91. The van der Waals surface area contributed by atoms with Crippen LogP contribution in [-0.4, -0.2) is 25.2 Å². The molecular weight excluding hydrogens is 260 g/mol. The maximum atomic E-state index is 11.5. The zero-order valence-electron chi connectivity index (χ0n) is 11.3. The van der Waals surface area contributed by atoms with Crippen molar-refractivity contribution in [3.63, 3.8) is 0 Å². The van der Waals surface area contributed by atoms with Crippen LogP contribution >= 0.6 is 11.3 Å². The third kappa shape index (κ3) is 4.30. The van der Waals surface area contributed by atoms with Crippen molar-refractivity contribution in [2.24, 2.45) is 5.73 Å². The van der Waals surface area contributed by atoms with Crippen LogP contribution in [0.2, 0.25) is 0 Å². The number of nitrogens with two attached hydrogens (primary N) is 1. The van der Waals surface area contributed by atoms with E-state index in [0.717, 1.165) is 25.7 Å². The van der Waals surface area contributed by atoms with E-state index in [1.165, 1.54) is 12.0 Å². The van der Waals surface area contributed by atoms with Gasteiger partial charge in [0, 0.05) is 17.0 Å². The zero-order chi connectivity index (χ0) is 13.7. The molecule has 1 aliphatic carbocycles. The summed E-state index contributed by atoms with van der Waals surface area (Å²) in [5, 5.41) is 5.64. The van der Waals surface area contributed by atoms with Gasteiger partial charge in [-0.15, -0.1) is 11.3 Å². The second-order valence-electron chi connectivity index (χ2n) is 5.13. The molecule has 1 atom stereocenters. The predicted octanol–water partition coefficient (Wildman–Crippen LogP) is 2.21. The summed E-state index contributed by atoms with van der Waals surface area (Å²) in [6.07, 6.45) is 4.69. The lowest BCUT2D eigenvalue weighted by molar-refractivity contribution is -0.141. The molecule has 3 N–H and O–H groups in total. The summed E-state index contributed by atoms with van der Waals surface area (Å²) >= 11 is 1.68. The summed E-state index contributed by atoms with van der Waals surface area (Å²) in [5.41, 5.74) is 5.92. The Morgan fingerprint density at radius 1 is 1.53 bits per heavy atom. The second kappa shape index (κ2) is 7.03.